The van der Waals surface area contributed by atoms with Crippen LogP contribution in [-0.4, -0.2) is 30.1 Å². The smallest absolute Gasteiger partial charge is 0.339 e. The van der Waals surface area contributed by atoms with Gasteiger partial charge in [-0.05, 0) is 18.2 Å². The highest BCUT2D eigenvalue weighted by atomic mass is 19.1. The number of amides is 1. The monoisotopic (exact) mass is 241 g/mol. The first-order valence-corrected chi connectivity index (χ1v) is 4.91. The number of rotatable bonds is 5. The fourth-order valence-corrected chi connectivity index (χ4v) is 1.18. The van der Waals surface area contributed by atoms with E-state index in [1.807, 2.05) is 0 Å². The van der Waals surface area contributed by atoms with E-state index >= 15 is 0 Å². The molecule has 1 amide bonds. The first-order valence-electron chi connectivity index (χ1n) is 4.91. The zero-order valence-electron chi connectivity index (χ0n) is 9.20. The molecule has 0 saturated carbocycles. The summed E-state index contributed by atoms with van der Waals surface area (Å²) >= 11 is 0. The molecule has 1 rings (SSSR count). The van der Waals surface area contributed by atoms with Crippen molar-refractivity contribution in [1.82, 2.24) is 5.32 Å². The van der Waals surface area contributed by atoms with Crippen LogP contribution >= 0.6 is 0 Å². The molecule has 5 nitrogen and oxygen atoms in total. The lowest BCUT2D eigenvalue weighted by atomic mass is 10.2. The maximum atomic E-state index is 12.8. The van der Waals surface area contributed by atoms with Crippen LogP contribution in [0.3, 0.4) is 0 Å². The number of carboxylic acids is 1. The Bertz CT molecular complexity index is 433. The first-order chi connectivity index (χ1) is 8.00. The van der Waals surface area contributed by atoms with E-state index in [9.17, 15) is 14.0 Å². The summed E-state index contributed by atoms with van der Waals surface area (Å²) in [5.74, 6) is -2.04. The van der Waals surface area contributed by atoms with Crippen molar-refractivity contribution >= 4 is 11.9 Å². The van der Waals surface area contributed by atoms with Crippen LogP contribution in [0, 0.1) is 5.82 Å². The molecule has 0 aliphatic carbocycles. The van der Waals surface area contributed by atoms with Crippen molar-refractivity contribution in [1.29, 1.82) is 0 Å². The molecule has 0 fully saturated rings. The van der Waals surface area contributed by atoms with E-state index in [1.54, 1.807) is 0 Å². The third-order valence-electron chi connectivity index (χ3n) is 1.91. The van der Waals surface area contributed by atoms with Crippen LogP contribution < -0.4 is 10.1 Å². The molecule has 6 heteroatoms. The Balaban J connectivity index is 2.64. The highest BCUT2D eigenvalue weighted by Gasteiger charge is 2.12. The fourth-order valence-electron chi connectivity index (χ4n) is 1.18. The number of carboxylic acid groups (broad SMARTS) is 1. The molecule has 17 heavy (non-hydrogen) atoms. The highest BCUT2D eigenvalue weighted by molar-refractivity contribution is 5.90. The number of hydrogen-bond donors (Lipinski definition) is 2. The standard InChI is InChI=1S/C11H12FNO4/c1-7(14)13-4-5-17-10-3-2-8(12)6-9(10)11(15)16/h2-3,6H,4-5H2,1H3,(H,13,14)(H,15,16). The van der Waals surface area contributed by atoms with Gasteiger partial charge in [0.05, 0.1) is 6.54 Å². The zero-order valence-corrected chi connectivity index (χ0v) is 9.20. The number of aromatic carboxylic acids is 1. The van der Waals surface area contributed by atoms with Crippen LogP contribution in [0.15, 0.2) is 18.2 Å². The van der Waals surface area contributed by atoms with E-state index in [2.05, 4.69) is 5.32 Å². The Labute approximate surface area is 97.2 Å². The number of benzene rings is 1. The second kappa shape index (κ2) is 5.83. The Hall–Kier alpha value is -2.11. The molecule has 0 radical (unpaired) electrons. The van der Waals surface area contributed by atoms with Gasteiger partial charge in [0.2, 0.25) is 5.91 Å². The van der Waals surface area contributed by atoms with Gasteiger partial charge in [-0.15, -0.1) is 0 Å². The molecule has 92 valence electrons. The van der Waals surface area contributed by atoms with Gasteiger partial charge in [-0.2, -0.15) is 0 Å². The number of halogens is 1. The number of carbonyl (C=O) groups excluding carboxylic acids is 1. The first kappa shape index (κ1) is 13.0. The minimum atomic E-state index is -1.26. The zero-order chi connectivity index (χ0) is 12.8. The number of hydrogen-bond acceptors (Lipinski definition) is 3. The van der Waals surface area contributed by atoms with Gasteiger partial charge in [-0.3, -0.25) is 4.79 Å². The van der Waals surface area contributed by atoms with Gasteiger partial charge in [0, 0.05) is 6.92 Å². The van der Waals surface area contributed by atoms with Crippen molar-refractivity contribution in [2.45, 2.75) is 6.92 Å². The van der Waals surface area contributed by atoms with E-state index in [4.69, 9.17) is 9.84 Å². The molecule has 1 aromatic carbocycles. The summed E-state index contributed by atoms with van der Waals surface area (Å²) in [6, 6.07) is 3.24. The van der Waals surface area contributed by atoms with Gasteiger partial charge < -0.3 is 15.2 Å². The molecule has 2 N–H and O–H groups in total. The van der Waals surface area contributed by atoms with Gasteiger partial charge in [0.15, 0.2) is 0 Å². The van der Waals surface area contributed by atoms with Gasteiger partial charge in [-0.1, -0.05) is 0 Å². The third kappa shape index (κ3) is 4.10. The highest BCUT2D eigenvalue weighted by Crippen LogP contribution is 2.19. The minimum Gasteiger partial charge on any atom is -0.491 e. The predicted molar refractivity (Wildman–Crippen MR) is 57.5 cm³/mol. The summed E-state index contributed by atoms with van der Waals surface area (Å²) < 4.78 is 18.0. The van der Waals surface area contributed by atoms with Gasteiger partial charge >= 0.3 is 5.97 Å². The third-order valence-corrected chi connectivity index (χ3v) is 1.91. The summed E-state index contributed by atoms with van der Waals surface area (Å²) in [6.45, 7) is 1.73. The Morgan fingerprint density at radius 2 is 2.18 bits per heavy atom. The maximum Gasteiger partial charge on any atom is 0.339 e. The molecule has 0 bridgehead atoms. The van der Waals surface area contributed by atoms with Crippen molar-refractivity contribution < 1.29 is 23.8 Å². The average molecular weight is 241 g/mol. The van der Waals surface area contributed by atoms with E-state index < -0.39 is 11.8 Å². The molecule has 0 heterocycles. The molecule has 0 aromatic heterocycles. The number of ether oxygens (including phenoxy) is 1. The molecule has 0 atom stereocenters. The molecular weight excluding hydrogens is 229 g/mol. The predicted octanol–water partition coefficient (Wildman–Crippen LogP) is 1.04. The summed E-state index contributed by atoms with van der Waals surface area (Å²) in [5, 5.41) is 11.3. The molecule has 0 unspecified atom stereocenters. The summed E-state index contributed by atoms with van der Waals surface area (Å²) in [7, 11) is 0. The average Bonchev–Trinajstić information content (AvgIpc) is 2.25. The Morgan fingerprint density at radius 3 is 2.76 bits per heavy atom. The van der Waals surface area contributed by atoms with Crippen LogP contribution in [0.1, 0.15) is 17.3 Å². The minimum absolute atomic E-state index is 0.0734. The van der Waals surface area contributed by atoms with Crippen LogP contribution in [0.5, 0.6) is 5.75 Å². The van der Waals surface area contributed by atoms with Crippen molar-refractivity contribution in [2.75, 3.05) is 13.2 Å². The van der Waals surface area contributed by atoms with Crippen molar-refractivity contribution in [3.05, 3.63) is 29.6 Å². The van der Waals surface area contributed by atoms with Crippen molar-refractivity contribution in [3.63, 3.8) is 0 Å². The lowest BCUT2D eigenvalue weighted by Gasteiger charge is -2.09. The van der Waals surface area contributed by atoms with Gasteiger partial charge in [0.1, 0.15) is 23.7 Å². The molecule has 0 spiro atoms. The van der Waals surface area contributed by atoms with E-state index in [0.29, 0.717) is 0 Å². The van der Waals surface area contributed by atoms with Crippen LogP contribution in [-0.2, 0) is 4.79 Å². The lowest BCUT2D eigenvalue weighted by Crippen LogP contribution is -2.25. The van der Waals surface area contributed by atoms with Crippen molar-refractivity contribution in [3.8, 4) is 5.75 Å². The molecule has 0 aliphatic heterocycles. The summed E-state index contributed by atoms with van der Waals surface area (Å²) in [4.78, 5) is 21.4. The van der Waals surface area contributed by atoms with Crippen LogP contribution in [0.25, 0.3) is 0 Å². The van der Waals surface area contributed by atoms with Crippen LogP contribution in [0.2, 0.25) is 0 Å². The molecule has 1 aromatic rings. The van der Waals surface area contributed by atoms with E-state index in [1.165, 1.54) is 13.0 Å². The normalized spacial score (nSPS) is 9.76. The largest absolute Gasteiger partial charge is 0.491 e. The van der Waals surface area contributed by atoms with E-state index in [0.717, 1.165) is 12.1 Å². The van der Waals surface area contributed by atoms with E-state index in [-0.39, 0.29) is 30.4 Å². The second-order valence-electron chi connectivity index (χ2n) is 3.28. The summed E-state index contributed by atoms with van der Waals surface area (Å²) in [6.07, 6.45) is 0. The lowest BCUT2D eigenvalue weighted by molar-refractivity contribution is -0.119. The molecular formula is C11H12FNO4. The maximum absolute atomic E-state index is 12.8. The Kier molecular flexibility index (Phi) is 4.45. The second-order valence-corrected chi connectivity index (χ2v) is 3.28. The summed E-state index contributed by atoms with van der Waals surface area (Å²) in [5.41, 5.74) is -0.243. The van der Waals surface area contributed by atoms with Gasteiger partial charge in [0.25, 0.3) is 0 Å². The Morgan fingerprint density at radius 1 is 1.47 bits per heavy atom. The quantitative estimate of drug-likeness (QED) is 0.755. The van der Waals surface area contributed by atoms with Crippen molar-refractivity contribution in [2.24, 2.45) is 0 Å². The topological polar surface area (TPSA) is 75.6 Å². The van der Waals surface area contributed by atoms with Gasteiger partial charge in [-0.25, -0.2) is 9.18 Å². The molecule has 0 saturated heterocycles. The number of nitrogens with one attached hydrogen (secondary N) is 1. The number of carbonyl (C=O) groups is 2. The SMILES string of the molecule is CC(=O)NCCOc1ccc(F)cc1C(=O)O. The fraction of sp³-hybridized carbons (Fsp3) is 0.273. The van der Waals surface area contributed by atoms with Crippen LogP contribution in [0.4, 0.5) is 4.39 Å². The molecule has 0 aliphatic rings.